The van der Waals surface area contributed by atoms with Crippen LogP contribution < -0.4 is 10.1 Å². The highest BCUT2D eigenvalue weighted by molar-refractivity contribution is 5.98. The third kappa shape index (κ3) is 7.36. The zero-order valence-corrected chi connectivity index (χ0v) is 25.4. The Morgan fingerprint density at radius 3 is 2.42 bits per heavy atom. The number of nitrogens with one attached hydrogen (secondary N) is 2. The van der Waals surface area contributed by atoms with E-state index in [1.54, 1.807) is 54.7 Å². The predicted molar refractivity (Wildman–Crippen MR) is 173 cm³/mol. The quantitative estimate of drug-likeness (QED) is 0.136. The van der Waals surface area contributed by atoms with E-state index in [1.807, 2.05) is 36.4 Å². The Hall–Kier alpha value is -5.97. The van der Waals surface area contributed by atoms with E-state index in [1.165, 1.54) is 18.6 Å². The first kappa shape index (κ1) is 32.0. The molecule has 0 aliphatic carbocycles. The molecule has 0 saturated carbocycles. The number of alkyl halides is 3. The number of benzene rings is 4. The van der Waals surface area contributed by atoms with Gasteiger partial charge in [0.05, 0.1) is 23.1 Å². The molecule has 6 rings (SSSR count). The number of pyridine rings is 1. The highest BCUT2D eigenvalue weighted by atomic mass is 19.4. The summed E-state index contributed by atoms with van der Waals surface area (Å²) in [5.41, 5.74) is 3.51. The fourth-order valence-electron chi connectivity index (χ4n) is 5.55. The van der Waals surface area contributed by atoms with Gasteiger partial charge in [-0.3, -0.25) is 9.78 Å². The van der Waals surface area contributed by atoms with Crippen LogP contribution in [0.4, 0.5) is 13.2 Å². The second-order valence-corrected chi connectivity index (χ2v) is 11.2. The molecule has 6 aromatic rings. The van der Waals surface area contributed by atoms with E-state index in [2.05, 4.69) is 20.3 Å². The van der Waals surface area contributed by atoms with Crippen molar-refractivity contribution in [3.05, 3.63) is 149 Å². The number of carboxylic acid groups (broad SMARTS) is 1. The number of rotatable bonds is 11. The number of amides is 1. The number of nitrogens with zero attached hydrogens (tertiary/aromatic N) is 2. The van der Waals surface area contributed by atoms with Crippen molar-refractivity contribution < 1.29 is 32.6 Å². The first-order valence-corrected chi connectivity index (χ1v) is 15.0. The Morgan fingerprint density at radius 2 is 1.67 bits per heavy atom. The van der Waals surface area contributed by atoms with Crippen molar-refractivity contribution in [3.63, 3.8) is 0 Å². The van der Waals surface area contributed by atoms with Crippen LogP contribution in [-0.2, 0) is 30.4 Å². The molecule has 0 aliphatic rings. The van der Waals surface area contributed by atoms with Gasteiger partial charge in [0.25, 0.3) is 5.91 Å². The zero-order chi connectivity index (χ0) is 33.7. The third-order valence-corrected chi connectivity index (χ3v) is 7.81. The number of para-hydroxylation sites is 1. The fraction of sp³-hybridized carbons (Fsp3) is 0.135. The first-order chi connectivity index (χ1) is 23.2. The average molecular weight is 651 g/mol. The van der Waals surface area contributed by atoms with Crippen molar-refractivity contribution in [2.75, 3.05) is 0 Å². The molecule has 8 nitrogen and oxygen atoms in total. The Morgan fingerprint density at radius 1 is 0.896 bits per heavy atom. The van der Waals surface area contributed by atoms with Crippen LogP contribution in [0.2, 0.25) is 0 Å². The lowest BCUT2D eigenvalue weighted by Gasteiger charge is -2.17. The van der Waals surface area contributed by atoms with Crippen LogP contribution in [-0.4, -0.2) is 38.0 Å². The maximum absolute atomic E-state index is 14.0. The van der Waals surface area contributed by atoms with E-state index in [0.29, 0.717) is 39.9 Å². The first-order valence-electron chi connectivity index (χ1n) is 15.0. The van der Waals surface area contributed by atoms with E-state index in [-0.39, 0.29) is 24.1 Å². The van der Waals surface area contributed by atoms with Gasteiger partial charge in [-0.25, -0.2) is 9.78 Å². The second kappa shape index (κ2) is 13.8. The van der Waals surface area contributed by atoms with E-state index in [4.69, 9.17) is 4.74 Å². The molecular formula is C37H29F3N4O4. The maximum atomic E-state index is 14.0. The SMILES string of the molecule is O=C(N[C@@H](Cc1c[nH]cn1)C(=O)O)c1cccc(COc2cccc(-c3c(Cc4ccccc4)cnc4c(C(F)(F)F)cccc34)c2)c1. The highest BCUT2D eigenvalue weighted by Gasteiger charge is 2.33. The van der Waals surface area contributed by atoms with Crippen LogP contribution in [0.3, 0.4) is 0 Å². The minimum Gasteiger partial charge on any atom is -0.489 e. The number of carbonyl (C=O) groups excluding carboxylic acids is 1. The lowest BCUT2D eigenvalue weighted by Crippen LogP contribution is -2.42. The summed E-state index contributed by atoms with van der Waals surface area (Å²) >= 11 is 0. The number of fused-ring (bicyclic) bond motifs is 1. The molecule has 2 aromatic heterocycles. The number of imidazole rings is 1. The lowest BCUT2D eigenvalue weighted by molar-refractivity contribution is -0.139. The number of aliphatic carboxylic acids is 1. The minimum atomic E-state index is -4.57. The number of hydrogen-bond donors (Lipinski definition) is 3. The monoisotopic (exact) mass is 650 g/mol. The molecule has 0 spiro atoms. The molecule has 0 unspecified atom stereocenters. The van der Waals surface area contributed by atoms with Crippen molar-refractivity contribution >= 4 is 22.8 Å². The van der Waals surface area contributed by atoms with Crippen LogP contribution in [0.15, 0.2) is 116 Å². The Kier molecular flexibility index (Phi) is 9.20. The molecule has 1 amide bonds. The van der Waals surface area contributed by atoms with E-state index in [9.17, 15) is 27.9 Å². The van der Waals surface area contributed by atoms with Gasteiger partial charge in [0.1, 0.15) is 18.4 Å². The smallest absolute Gasteiger partial charge is 0.418 e. The summed E-state index contributed by atoms with van der Waals surface area (Å²) in [6.07, 6.45) is 0.404. The summed E-state index contributed by atoms with van der Waals surface area (Å²) in [5.74, 6) is -1.28. The molecule has 0 saturated heterocycles. The molecule has 48 heavy (non-hydrogen) atoms. The van der Waals surface area contributed by atoms with Gasteiger partial charge in [-0.15, -0.1) is 0 Å². The van der Waals surface area contributed by atoms with Crippen LogP contribution in [0.25, 0.3) is 22.0 Å². The van der Waals surface area contributed by atoms with Crippen LogP contribution in [0, 0.1) is 0 Å². The van der Waals surface area contributed by atoms with Crippen molar-refractivity contribution in [1.82, 2.24) is 20.3 Å². The molecule has 2 heterocycles. The normalized spacial score (nSPS) is 12.1. The molecule has 11 heteroatoms. The molecule has 1 atom stereocenters. The Bertz CT molecular complexity index is 2070. The van der Waals surface area contributed by atoms with Crippen LogP contribution in [0.5, 0.6) is 5.75 Å². The van der Waals surface area contributed by atoms with Gasteiger partial charge in [-0.2, -0.15) is 13.2 Å². The highest BCUT2D eigenvalue weighted by Crippen LogP contribution is 2.39. The summed E-state index contributed by atoms with van der Waals surface area (Å²) in [5, 5.41) is 12.5. The summed E-state index contributed by atoms with van der Waals surface area (Å²) in [4.78, 5) is 35.8. The Balaban J connectivity index is 1.26. The molecule has 0 fully saturated rings. The third-order valence-electron chi connectivity index (χ3n) is 7.81. The number of halogens is 3. The van der Waals surface area contributed by atoms with Crippen molar-refractivity contribution in [1.29, 1.82) is 0 Å². The van der Waals surface area contributed by atoms with Gasteiger partial charge < -0.3 is 20.1 Å². The molecule has 0 bridgehead atoms. The summed E-state index contributed by atoms with van der Waals surface area (Å²) in [6, 6.07) is 26.3. The summed E-state index contributed by atoms with van der Waals surface area (Å²) < 4.78 is 48.0. The number of carboxylic acids is 1. The standard InChI is InChI=1S/C37H29F3N4O4/c38-37(39,40)31-14-6-13-30-33(27(19-42-34(30)31)15-23-7-2-1-3-8-23)25-10-5-12-29(17-25)48-21-24-9-4-11-26(16-24)35(45)44-32(36(46)47)18-28-20-41-22-43-28/h1-14,16-17,19-20,22,32H,15,18,21H2,(H,41,43)(H,44,45)(H,46,47)/t32-/m0/s1. The summed E-state index contributed by atoms with van der Waals surface area (Å²) in [6.45, 7) is 0.0758. The van der Waals surface area contributed by atoms with Crippen LogP contribution >= 0.6 is 0 Å². The molecular weight excluding hydrogens is 621 g/mol. The molecule has 0 aliphatic heterocycles. The molecule has 4 aromatic carbocycles. The summed E-state index contributed by atoms with van der Waals surface area (Å²) in [7, 11) is 0. The second-order valence-electron chi connectivity index (χ2n) is 11.2. The minimum absolute atomic E-state index is 0.0149. The van der Waals surface area contributed by atoms with Crippen LogP contribution in [0.1, 0.15) is 38.3 Å². The number of carbonyl (C=O) groups is 2. The number of aromatic nitrogens is 3. The number of H-pyrrole nitrogens is 1. The largest absolute Gasteiger partial charge is 0.489 e. The predicted octanol–water partition coefficient (Wildman–Crippen LogP) is 7.24. The van der Waals surface area contributed by atoms with Gasteiger partial charge in [0.15, 0.2) is 0 Å². The lowest BCUT2D eigenvalue weighted by atomic mass is 9.92. The van der Waals surface area contributed by atoms with E-state index in [0.717, 1.165) is 17.2 Å². The van der Waals surface area contributed by atoms with Gasteiger partial charge in [-0.1, -0.05) is 66.7 Å². The zero-order valence-electron chi connectivity index (χ0n) is 25.4. The average Bonchev–Trinajstić information content (AvgIpc) is 3.60. The number of ether oxygens (including phenoxy) is 1. The van der Waals surface area contributed by atoms with Crippen molar-refractivity contribution in [3.8, 4) is 16.9 Å². The number of hydrogen-bond acceptors (Lipinski definition) is 5. The van der Waals surface area contributed by atoms with Gasteiger partial charge in [0, 0.05) is 29.8 Å². The Labute approximate surface area is 273 Å². The van der Waals surface area contributed by atoms with Crippen molar-refractivity contribution in [2.24, 2.45) is 0 Å². The van der Waals surface area contributed by atoms with Gasteiger partial charge >= 0.3 is 12.1 Å². The van der Waals surface area contributed by atoms with E-state index >= 15 is 0 Å². The molecule has 0 radical (unpaired) electrons. The van der Waals surface area contributed by atoms with Gasteiger partial charge in [-0.05, 0) is 64.6 Å². The molecule has 3 N–H and O–H groups in total. The van der Waals surface area contributed by atoms with Crippen molar-refractivity contribution in [2.45, 2.75) is 31.7 Å². The van der Waals surface area contributed by atoms with Gasteiger partial charge in [0.2, 0.25) is 0 Å². The number of aromatic amines is 1. The maximum Gasteiger partial charge on any atom is 0.418 e. The molecule has 242 valence electrons. The topological polar surface area (TPSA) is 117 Å². The van der Waals surface area contributed by atoms with E-state index < -0.39 is 29.7 Å². The fourth-order valence-corrected chi connectivity index (χ4v) is 5.55.